The Morgan fingerprint density at radius 1 is 1.12 bits per heavy atom. The van der Waals surface area contributed by atoms with Crippen molar-refractivity contribution < 1.29 is 30.5 Å². The molecule has 1 N–H and O–H groups in total. The molecule has 0 saturated heterocycles. The second kappa shape index (κ2) is 8.34. The van der Waals surface area contributed by atoms with Crippen molar-refractivity contribution in [1.29, 1.82) is 0 Å². The number of alkyl halides is 4. The van der Waals surface area contributed by atoms with Crippen LogP contribution in [0.5, 0.6) is 0 Å². The molecule has 16 heavy (non-hydrogen) atoms. The molecule has 0 aromatic carbocycles. The van der Waals surface area contributed by atoms with E-state index < -0.39 is 47.5 Å². The van der Waals surface area contributed by atoms with E-state index in [-0.39, 0.29) is 25.3 Å². The van der Waals surface area contributed by atoms with E-state index in [4.69, 9.17) is 4.55 Å². The molecule has 0 heterocycles. The Morgan fingerprint density at radius 2 is 1.62 bits per heavy atom. The van der Waals surface area contributed by atoms with Gasteiger partial charge in [0.05, 0.1) is 6.67 Å². The normalized spacial score (nSPS) is 17.3. The molecule has 0 aliphatic rings. The van der Waals surface area contributed by atoms with E-state index in [1.807, 2.05) is 0 Å². The summed E-state index contributed by atoms with van der Waals surface area (Å²) in [5.41, 5.74) is 0. The van der Waals surface area contributed by atoms with Crippen LogP contribution in [0.1, 0.15) is 12.8 Å². The molecule has 0 aromatic heterocycles. The molecule has 0 bridgehead atoms. The Balaban J connectivity index is 0. The Labute approximate surface area is 104 Å². The predicted molar refractivity (Wildman–Crippen MR) is 53.5 cm³/mol. The average molecular weight is 260 g/mol. The van der Waals surface area contributed by atoms with E-state index in [9.17, 15) is 26.0 Å². The molecule has 9 heteroatoms. The van der Waals surface area contributed by atoms with Crippen LogP contribution in [-0.4, -0.2) is 62.8 Å². The van der Waals surface area contributed by atoms with Crippen molar-refractivity contribution in [2.75, 3.05) is 12.4 Å². The molecule has 0 fully saturated rings. The molecule has 3 unspecified atom stereocenters. The van der Waals surface area contributed by atoms with Crippen LogP contribution in [0.4, 0.5) is 17.6 Å². The van der Waals surface area contributed by atoms with Gasteiger partial charge in [-0.1, -0.05) is 0 Å². The Bertz CT molecular complexity index is 275. The van der Waals surface area contributed by atoms with Crippen LogP contribution in [0.3, 0.4) is 0 Å². The quantitative estimate of drug-likeness (QED) is 0.422. The van der Waals surface area contributed by atoms with Gasteiger partial charge in [-0.2, -0.15) is 8.42 Å². The van der Waals surface area contributed by atoms with Crippen LogP contribution < -0.4 is 0 Å². The van der Waals surface area contributed by atoms with Gasteiger partial charge in [-0.15, -0.1) is 0 Å². The van der Waals surface area contributed by atoms with Crippen molar-refractivity contribution in [1.82, 2.24) is 0 Å². The SMILES string of the molecule is O=S(=O)(O)CC(F)C(F)C(F)CCCF.[LiH]. The zero-order chi connectivity index (χ0) is 12.1. The van der Waals surface area contributed by atoms with Gasteiger partial charge in [0.1, 0.15) is 11.9 Å². The van der Waals surface area contributed by atoms with E-state index >= 15 is 0 Å². The number of halogens is 4. The molecule has 0 amide bonds. The van der Waals surface area contributed by atoms with Crippen LogP contribution in [0.25, 0.3) is 0 Å². The molecule has 3 atom stereocenters. The van der Waals surface area contributed by atoms with Crippen molar-refractivity contribution in [2.45, 2.75) is 31.4 Å². The summed E-state index contributed by atoms with van der Waals surface area (Å²) in [6.07, 6.45) is -8.37. The summed E-state index contributed by atoms with van der Waals surface area (Å²) in [4.78, 5) is 0. The summed E-state index contributed by atoms with van der Waals surface area (Å²) in [6, 6.07) is 0. The Morgan fingerprint density at radius 3 is 2.00 bits per heavy atom. The van der Waals surface area contributed by atoms with E-state index in [0.717, 1.165) is 0 Å². The third kappa shape index (κ3) is 8.39. The summed E-state index contributed by atoms with van der Waals surface area (Å²) in [5, 5.41) is 0. The molecule has 0 aliphatic heterocycles. The second-order valence-electron chi connectivity index (χ2n) is 3.06. The van der Waals surface area contributed by atoms with Gasteiger partial charge >= 0.3 is 18.9 Å². The van der Waals surface area contributed by atoms with Crippen LogP contribution in [0.15, 0.2) is 0 Å². The van der Waals surface area contributed by atoms with Crippen LogP contribution >= 0.6 is 0 Å². The first-order valence-electron chi connectivity index (χ1n) is 4.21. The Hall–Kier alpha value is 0.227. The van der Waals surface area contributed by atoms with E-state index in [1.165, 1.54) is 0 Å². The molecular weight excluding hydrogens is 247 g/mol. The van der Waals surface area contributed by atoms with Gasteiger partial charge in [0.2, 0.25) is 0 Å². The molecule has 94 valence electrons. The molecule has 0 spiro atoms. The van der Waals surface area contributed by atoms with Gasteiger partial charge in [0.25, 0.3) is 10.1 Å². The summed E-state index contributed by atoms with van der Waals surface area (Å²) in [5.74, 6) is -1.50. The van der Waals surface area contributed by atoms with Gasteiger partial charge < -0.3 is 0 Å². The predicted octanol–water partition coefficient (Wildman–Crippen LogP) is 0.990. The summed E-state index contributed by atoms with van der Waals surface area (Å²) in [7, 11) is -4.68. The third-order valence-corrected chi connectivity index (χ3v) is 2.41. The fourth-order valence-electron chi connectivity index (χ4n) is 0.951. The van der Waals surface area contributed by atoms with Crippen molar-refractivity contribution in [3.63, 3.8) is 0 Å². The van der Waals surface area contributed by atoms with Gasteiger partial charge in [-0.25, -0.2) is 13.2 Å². The minimum absolute atomic E-state index is 0. The van der Waals surface area contributed by atoms with Crippen molar-refractivity contribution >= 4 is 29.0 Å². The van der Waals surface area contributed by atoms with E-state index in [2.05, 4.69) is 0 Å². The fraction of sp³-hybridized carbons (Fsp3) is 1.00. The third-order valence-electron chi connectivity index (χ3n) is 1.67. The first kappa shape index (κ1) is 18.6. The first-order valence-corrected chi connectivity index (χ1v) is 5.82. The molecule has 3 nitrogen and oxygen atoms in total. The molecule has 0 saturated carbocycles. The van der Waals surface area contributed by atoms with Crippen LogP contribution in [0, 0.1) is 0 Å². The molecular formula is C7H13F4LiO3S. The second-order valence-corrected chi connectivity index (χ2v) is 4.55. The minimum atomic E-state index is -4.68. The van der Waals surface area contributed by atoms with E-state index in [1.54, 1.807) is 0 Å². The van der Waals surface area contributed by atoms with Crippen molar-refractivity contribution in [2.24, 2.45) is 0 Å². The summed E-state index contributed by atoms with van der Waals surface area (Å²) < 4.78 is 78.3. The monoisotopic (exact) mass is 260 g/mol. The maximum absolute atomic E-state index is 12.8. The molecule has 0 aliphatic carbocycles. The van der Waals surface area contributed by atoms with Gasteiger partial charge in [-0.3, -0.25) is 8.94 Å². The van der Waals surface area contributed by atoms with Crippen molar-refractivity contribution in [3.8, 4) is 0 Å². The maximum atomic E-state index is 12.8. The van der Waals surface area contributed by atoms with Crippen molar-refractivity contribution in [3.05, 3.63) is 0 Å². The first-order chi connectivity index (χ1) is 6.78. The average Bonchev–Trinajstić information content (AvgIpc) is 2.10. The summed E-state index contributed by atoms with van der Waals surface area (Å²) >= 11 is 0. The molecule has 0 aromatic rings. The molecule has 0 radical (unpaired) electrons. The Kier molecular flexibility index (Phi) is 9.69. The zero-order valence-electron chi connectivity index (χ0n) is 7.74. The van der Waals surface area contributed by atoms with Gasteiger partial charge in [-0.05, 0) is 12.8 Å². The zero-order valence-corrected chi connectivity index (χ0v) is 8.56. The topological polar surface area (TPSA) is 54.4 Å². The van der Waals surface area contributed by atoms with Crippen LogP contribution in [-0.2, 0) is 10.1 Å². The van der Waals surface area contributed by atoms with Gasteiger partial charge in [0, 0.05) is 0 Å². The number of hydrogen-bond acceptors (Lipinski definition) is 2. The number of hydrogen-bond donors (Lipinski definition) is 1. The van der Waals surface area contributed by atoms with Gasteiger partial charge in [0.15, 0.2) is 12.3 Å². The molecule has 0 rings (SSSR count). The van der Waals surface area contributed by atoms with Crippen LogP contribution in [0.2, 0.25) is 0 Å². The number of rotatable bonds is 7. The fourth-order valence-corrected chi connectivity index (χ4v) is 1.54. The standard InChI is InChI=1S/C7H12F4O3S.Li.H/c8-3-1-2-5(9)7(11)6(10)4-15(12,13)14;;/h5-7H,1-4H2,(H,12,13,14);;. The van der Waals surface area contributed by atoms with E-state index in [0.29, 0.717) is 0 Å². The summed E-state index contributed by atoms with van der Waals surface area (Å²) in [6.45, 7) is -0.859.